The van der Waals surface area contributed by atoms with Crippen molar-refractivity contribution < 1.29 is 19.1 Å². The monoisotopic (exact) mass is 527 g/mol. The number of unbranched alkanes of at least 4 members (excludes halogenated alkanes) is 5. The van der Waals surface area contributed by atoms with Crippen LogP contribution in [0.3, 0.4) is 0 Å². The molecule has 1 aromatic rings. The lowest BCUT2D eigenvalue weighted by molar-refractivity contribution is -0.140. The molecule has 1 unspecified atom stereocenters. The molecule has 1 aromatic carbocycles. The summed E-state index contributed by atoms with van der Waals surface area (Å²) in [4.78, 5) is 41.3. The Morgan fingerprint density at radius 1 is 1.08 bits per heavy atom. The van der Waals surface area contributed by atoms with E-state index in [2.05, 4.69) is 24.1 Å². The first-order valence-electron chi connectivity index (χ1n) is 14.4. The fourth-order valence-corrected chi connectivity index (χ4v) is 4.88. The van der Waals surface area contributed by atoms with Gasteiger partial charge in [-0.2, -0.15) is 0 Å². The second-order valence-corrected chi connectivity index (χ2v) is 11.3. The molecule has 1 atom stereocenters. The van der Waals surface area contributed by atoms with Crippen molar-refractivity contribution in [3.63, 3.8) is 0 Å². The van der Waals surface area contributed by atoms with Crippen LogP contribution in [0.15, 0.2) is 30.8 Å². The number of carbonyl (C=O) groups is 3. The Balaban J connectivity index is 2.28. The Kier molecular flexibility index (Phi) is 13.4. The molecule has 1 fully saturated rings. The Bertz CT molecular complexity index is 903. The molecule has 2 rings (SSSR count). The van der Waals surface area contributed by atoms with E-state index in [0.717, 1.165) is 62.5 Å². The van der Waals surface area contributed by atoms with Crippen LogP contribution in [0.25, 0.3) is 6.08 Å². The number of hydrogen-bond donors (Lipinski definition) is 2. The summed E-state index contributed by atoms with van der Waals surface area (Å²) in [7, 11) is 0. The van der Waals surface area contributed by atoms with E-state index in [0.29, 0.717) is 6.54 Å². The van der Waals surface area contributed by atoms with Gasteiger partial charge in [-0.3, -0.25) is 9.59 Å². The first-order chi connectivity index (χ1) is 18.1. The normalized spacial score (nSPS) is 14.8. The van der Waals surface area contributed by atoms with Gasteiger partial charge in [0.05, 0.1) is 0 Å². The van der Waals surface area contributed by atoms with Crippen LogP contribution in [-0.4, -0.2) is 47.5 Å². The summed E-state index contributed by atoms with van der Waals surface area (Å²) in [6.07, 6.45) is 12.8. The maximum absolute atomic E-state index is 13.8. The van der Waals surface area contributed by atoms with E-state index in [1.807, 2.05) is 24.3 Å². The van der Waals surface area contributed by atoms with Crippen molar-refractivity contribution in [2.24, 2.45) is 0 Å². The summed E-state index contributed by atoms with van der Waals surface area (Å²) < 4.78 is 5.32. The van der Waals surface area contributed by atoms with Gasteiger partial charge in [-0.15, -0.1) is 0 Å². The first kappa shape index (κ1) is 31.4. The van der Waals surface area contributed by atoms with Gasteiger partial charge >= 0.3 is 6.09 Å². The Hall–Kier alpha value is -2.83. The average Bonchev–Trinajstić information content (AvgIpc) is 2.88. The van der Waals surface area contributed by atoms with Crippen molar-refractivity contribution >= 4 is 24.0 Å². The van der Waals surface area contributed by atoms with Gasteiger partial charge < -0.3 is 20.3 Å². The van der Waals surface area contributed by atoms with E-state index in [4.69, 9.17) is 4.74 Å². The van der Waals surface area contributed by atoms with Gasteiger partial charge in [0.15, 0.2) is 0 Å². The molecule has 2 N–H and O–H groups in total. The third-order valence-corrected chi connectivity index (χ3v) is 6.83. The van der Waals surface area contributed by atoms with Crippen LogP contribution in [-0.2, 0) is 14.3 Å². The molecule has 0 bridgehead atoms. The number of hydrogen-bond acceptors (Lipinski definition) is 4. The van der Waals surface area contributed by atoms with Crippen molar-refractivity contribution in [1.82, 2.24) is 15.5 Å². The standard InChI is InChI=1S/C31H49N3O4/c1-6-8-9-10-11-15-21-34(27(35)23-32-30(37)38-31(3,4)5)28(25-18-16-17-24(7-2)22-25)29(36)33-26-19-13-12-14-20-26/h7,16-18,22,26,28H,2,6,8-15,19-21,23H2,1,3-5H3,(H,32,37)(H,33,36). The molecule has 0 aliphatic heterocycles. The topological polar surface area (TPSA) is 87.7 Å². The fourth-order valence-electron chi connectivity index (χ4n) is 4.88. The van der Waals surface area contributed by atoms with Crippen LogP contribution in [0.2, 0.25) is 0 Å². The van der Waals surface area contributed by atoms with Crippen LogP contribution in [0.4, 0.5) is 4.79 Å². The van der Waals surface area contributed by atoms with Crippen LogP contribution in [0.5, 0.6) is 0 Å². The number of amides is 3. The van der Waals surface area contributed by atoms with E-state index in [-0.39, 0.29) is 24.4 Å². The Morgan fingerprint density at radius 3 is 2.42 bits per heavy atom. The SMILES string of the molecule is C=Cc1cccc(C(C(=O)NC2CCCCC2)N(CCCCCCCC)C(=O)CNC(=O)OC(C)(C)C)c1. The summed E-state index contributed by atoms with van der Waals surface area (Å²) >= 11 is 0. The van der Waals surface area contributed by atoms with E-state index < -0.39 is 17.7 Å². The van der Waals surface area contributed by atoms with E-state index >= 15 is 0 Å². The zero-order valence-electron chi connectivity index (χ0n) is 24.0. The summed E-state index contributed by atoms with van der Waals surface area (Å²) in [6, 6.07) is 6.95. The molecule has 0 heterocycles. The molecule has 7 nitrogen and oxygen atoms in total. The van der Waals surface area contributed by atoms with E-state index in [9.17, 15) is 14.4 Å². The van der Waals surface area contributed by atoms with Crippen molar-refractivity contribution in [2.75, 3.05) is 13.1 Å². The number of benzene rings is 1. The number of alkyl carbamates (subject to hydrolysis) is 1. The zero-order chi connectivity index (χ0) is 28.0. The predicted molar refractivity (Wildman–Crippen MR) is 154 cm³/mol. The smallest absolute Gasteiger partial charge is 0.408 e. The highest BCUT2D eigenvalue weighted by Gasteiger charge is 2.33. The second kappa shape index (κ2) is 16.2. The molecule has 7 heteroatoms. The molecule has 0 saturated heterocycles. The summed E-state index contributed by atoms with van der Waals surface area (Å²) in [5, 5.41) is 5.82. The minimum atomic E-state index is -0.791. The summed E-state index contributed by atoms with van der Waals surface area (Å²) in [6.45, 7) is 11.6. The lowest BCUT2D eigenvalue weighted by Crippen LogP contribution is -2.50. The number of ether oxygens (including phenoxy) is 1. The van der Waals surface area contributed by atoms with Gasteiger partial charge in [-0.1, -0.05) is 89.1 Å². The highest BCUT2D eigenvalue weighted by molar-refractivity contribution is 5.90. The highest BCUT2D eigenvalue weighted by Crippen LogP contribution is 2.26. The predicted octanol–water partition coefficient (Wildman–Crippen LogP) is 6.53. The molecule has 212 valence electrons. The second-order valence-electron chi connectivity index (χ2n) is 11.3. The molecular formula is C31H49N3O4. The van der Waals surface area contributed by atoms with Crippen LogP contribution < -0.4 is 10.6 Å². The largest absolute Gasteiger partial charge is 0.444 e. The fraction of sp³-hybridized carbons (Fsp3) is 0.645. The molecule has 1 saturated carbocycles. The maximum Gasteiger partial charge on any atom is 0.408 e. The van der Waals surface area contributed by atoms with Gasteiger partial charge in [0, 0.05) is 12.6 Å². The van der Waals surface area contributed by atoms with Gasteiger partial charge in [0.25, 0.3) is 0 Å². The lowest BCUT2D eigenvalue weighted by Gasteiger charge is -2.34. The zero-order valence-corrected chi connectivity index (χ0v) is 24.0. The number of carbonyl (C=O) groups excluding carboxylic acids is 3. The van der Waals surface area contributed by atoms with Crippen molar-refractivity contribution in [2.45, 2.75) is 116 Å². The van der Waals surface area contributed by atoms with Crippen molar-refractivity contribution in [3.8, 4) is 0 Å². The molecule has 3 amide bonds. The molecular weight excluding hydrogens is 478 g/mol. The van der Waals surface area contributed by atoms with Gasteiger partial charge in [-0.05, 0) is 57.2 Å². The Morgan fingerprint density at radius 2 is 1.76 bits per heavy atom. The van der Waals surface area contributed by atoms with Gasteiger partial charge in [-0.25, -0.2) is 4.79 Å². The summed E-state index contributed by atoms with van der Waals surface area (Å²) in [5.74, 6) is -0.480. The van der Waals surface area contributed by atoms with E-state index in [1.54, 1.807) is 31.7 Å². The quantitative estimate of drug-likeness (QED) is 0.269. The van der Waals surface area contributed by atoms with Crippen molar-refractivity contribution in [3.05, 3.63) is 42.0 Å². The molecule has 0 radical (unpaired) electrons. The lowest BCUT2D eigenvalue weighted by atomic mass is 9.94. The van der Waals surface area contributed by atoms with E-state index in [1.165, 1.54) is 19.3 Å². The molecule has 1 aliphatic rings. The molecule has 38 heavy (non-hydrogen) atoms. The molecule has 0 spiro atoms. The van der Waals surface area contributed by atoms with Crippen LogP contribution in [0.1, 0.15) is 115 Å². The van der Waals surface area contributed by atoms with Gasteiger partial charge in [0.1, 0.15) is 18.2 Å². The third-order valence-electron chi connectivity index (χ3n) is 6.83. The summed E-state index contributed by atoms with van der Waals surface area (Å²) in [5.41, 5.74) is 0.961. The highest BCUT2D eigenvalue weighted by atomic mass is 16.6. The number of rotatable bonds is 14. The molecule has 1 aliphatic carbocycles. The average molecular weight is 528 g/mol. The first-order valence-corrected chi connectivity index (χ1v) is 14.4. The van der Waals surface area contributed by atoms with Crippen LogP contribution >= 0.6 is 0 Å². The maximum atomic E-state index is 13.8. The van der Waals surface area contributed by atoms with Gasteiger partial charge in [0.2, 0.25) is 11.8 Å². The number of nitrogens with zero attached hydrogens (tertiary/aromatic N) is 1. The molecule has 0 aromatic heterocycles. The Labute approximate surface area is 229 Å². The number of nitrogens with one attached hydrogen (secondary N) is 2. The van der Waals surface area contributed by atoms with Crippen molar-refractivity contribution in [1.29, 1.82) is 0 Å². The van der Waals surface area contributed by atoms with Crippen LogP contribution in [0, 0.1) is 0 Å². The minimum absolute atomic E-state index is 0.118. The minimum Gasteiger partial charge on any atom is -0.444 e. The third kappa shape index (κ3) is 11.3.